The van der Waals surface area contributed by atoms with Crippen LogP contribution in [0.25, 0.3) is 0 Å². The molecule has 0 saturated heterocycles. The molecule has 0 saturated carbocycles. The molecule has 0 spiro atoms. The Balaban J connectivity index is 2.84. The zero-order valence-electron chi connectivity index (χ0n) is 5.19. The first-order valence-corrected chi connectivity index (χ1v) is 4.32. The van der Waals surface area contributed by atoms with Gasteiger partial charge in [-0.2, -0.15) is 8.42 Å². The maximum absolute atomic E-state index is 10.4. The van der Waals surface area contributed by atoms with E-state index in [1.807, 2.05) is 0 Å². The van der Waals surface area contributed by atoms with Crippen molar-refractivity contribution >= 4 is 10.1 Å². The molecule has 0 aromatic carbocycles. The average molecular weight is 159 g/mol. The zero-order valence-corrected chi connectivity index (χ0v) is 6.00. The Morgan fingerprint density at radius 1 is 1.60 bits per heavy atom. The summed E-state index contributed by atoms with van der Waals surface area (Å²) in [7, 11) is -3.96. The molecule has 1 aliphatic carbocycles. The fraction of sp³-hybridized carbons (Fsp3) is 0.333. The molecule has 3 nitrogen and oxygen atoms in total. The Morgan fingerprint density at radius 2 is 2.30 bits per heavy atom. The van der Waals surface area contributed by atoms with E-state index < -0.39 is 15.4 Å². The van der Waals surface area contributed by atoms with Crippen molar-refractivity contribution in [1.82, 2.24) is 0 Å². The summed E-state index contributed by atoms with van der Waals surface area (Å²) in [5.74, 6) is 0. The SMILES string of the molecule is O=S(=O)(O)C1[C]=CCC=C1. The van der Waals surface area contributed by atoms with Gasteiger partial charge in [-0.05, 0) is 12.5 Å². The summed E-state index contributed by atoms with van der Waals surface area (Å²) in [6, 6.07) is 0. The summed E-state index contributed by atoms with van der Waals surface area (Å²) < 4.78 is 29.3. The minimum atomic E-state index is -3.96. The third-order valence-electron chi connectivity index (χ3n) is 1.17. The molecule has 0 fully saturated rings. The molecule has 1 radical (unpaired) electrons. The van der Waals surface area contributed by atoms with E-state index in [0.29, 0.717) is 6.42 Å². The number of rotatable bonds is 1. The van der Waals surface area contributed by atoms with E-state index in [4.69, 9.17) is 4.55 Å². The summed E-state index contributed by atoms with van der Waals surface area (Å²) in [5.41, 5.74) is 0. The monoisotopic (exact) mass is 159 g/mol. The molecule has 1 atom stereocenters. The summed E-state index contributed by atoms with van der Waals surface area (Å²) in [6.45, 7) is 0. The molecule has 0 bridgehead atoms. The van der Waals surface area contributed by atoms with Crippen LogP contribution in [-0.2, 0) is 10.1 Å². The summed E-state index contributed by atoms with van der Waals surface area (Å²) in [5, 5.41) is -0.957. The Morgan fingerprint density at radius 3 is 2.60 bits per heavy atom. The molecule has 55 valence electrons. The number of hydrogen-bond acceptors (Lipinski definition) is 2. The van der Waals surface area contributed by atoms with Crippen molar-refractivity contribution in [1.29, 1.82) is 0 Å². The maximum atomic E-state index is 10.4. The van der Waals surface area contributed by atoms with Gasteiger partial charge < -0.3 is 0 Å². The molecule has 0 aliphatic heterocycles. The summed E-state index contributed by atoms with van der Waals surface area (Å²) in [4.78, 5) is 0. The minimum Gasteiger partial charge on any atom is -0.285 e. The Bertz CT molecular complexity index is 249. The van der Waals surface area contributed by atoms with E-state index >= 15 is 0 Å². The van der Waals surface area contributed by atoms with Crippen molar-refractivity contribution in [3.05, 3.63) is 24.3 Å². The standard InChI is InChI=1S/C6H7O3S/c7-10(8,9)6-4-2-1-3-5-6/h2-4,6H,1H2,(H,7,8,9). The van der Waals surface area contributed by atoms with Gasteiger partial charge in [0.15, 0.2) is 0 Å². The Hall–Kier alpha value is -0.610. The molecular formula is C6H7O3S. The van der Waals surface area contributed by atoms with E-state index in [0.717, 1.165) is 0 Å². The van der Waals surface area contributed by atoms with Crippen LogP contribution < -0.4 is 0 Å². The molecule has 1 N–H and O–H groups in total. The smallest absolute Gasteiger partial charge is 0.275 e. The molecule has 4 heteroatoms. The predicted octanol–water partition coefficient (Wildman–Crippen LogP) is 0.562. The van der Waals surface area contributed by atoms with Crippen LogP contribution in [0.15, 0.2) is 18.2 Å². The van der Waals surface area contributed by atoms with Crippen LogP contribution in [-0.4, -0.2) is 18.2 Å². The molecule has 0 aromatic heterocycles. The highest BCUT2D eigenvalue weighted by molar-refractivity contribution is 7.86. The average Bonchev–Trinajstić information content (AvgIpc) is 1.88. The van der Waals surface area contributed by atoms with Crippen molar-refractivity contribution in [2.45, 2.75) is 11.7 Å². The molecular weight excluding hydrogens is 152 g/mol. The summed E-state index contributed by atoms with van der Waals surface area (Å²) in [6.07, 6.45) is 7.87. The molecule has 0 aromatic rings. The van der Waals surface area contributed by atoms with Crippen LogP contribution in [0.1, 0.15) is 6.42 Å². The number of allylic oxidation sites excluding steroid dienone is 2. The third-order valence-corrected chi connectivity index (χ3v) is 2.10. The van der Waals surface area contributed by atoms with Gasteiger partial charge in [0.05, 0.1) is 0 Å². The molecule has 1 rings (SSSR count). The first kappa shape index (κ1) is 7.50. The van der Waals surface area contributed by atoms with Crippen molar-refractivity contribution < 1.29 is 13.0 Å². The van der Waals surface area contributed by atoms with Crippen LogP contribution in [0.4, 0.5) is 0 Å². The maximum Gasteiger partial charge on any atom is 0.275 e. The van der Waals surface area contributed by atoms with E-state index in [9.17, 15) is 8.42 Å². The highest BCUT2D eigenvalue weighted by Gasteiger charge is 2.17. The highest BCUT2D eigenvalue weighted by atomic mass is 32.2. The van der Waals surface area contributed by atoms with Gasteiger partial charge in [-0.15, -0.1) is 0 Å². The van der Waals surface area contributed by atoms with Gasteiger partial charge in [0.25, 0.3) is 10.1 Å². The second kappa shape index (κ2) is 2.56. The lowest BCUT2D eigenvalue weighted by atomic mass is 10.2. The lowest BCUT2D eigenvalue weighted by molar-refractivity contribution is 0.479. The number of hydrogen-bond donors (Lipinski definition) is 1. The van der Waals surface area contributed by atoms with E-state index in [1.165, 1.54) is 6.08 Å². The fourth-order valence-electron chi connectivity index (χ4n) is 0.695. The van der Waals surface area contributed by atoms with E-state index in [-0.39, 0.29) is 0 Å². The van der Waals surface area contributed by atoms with E-state index in [2.05, 4.69) is 6.08 Å². The second-order valence-electron chi connectivity index (χ2n) is 1.97. The first-order chi connectivity index (χ1) is 4.61. The molecule has 10 heavy (non-hydrogen) atoms. The molecule has 1 unspecified atom stereocenters. The van der Waals surface area contributed by atoms with Crippen LogP contribution >= 0.6 is 0 Å². The zero-order chi connectivity index (χ0) is 7.61. The quantitative estimate of drug-likeness (QED) is 0.449. The normalized spacial score (nSPS) is 19.7. The van der Waals surface area contributed by atoms with Gasteiger partial charge in [-0.3, -0.25) is 4.55 Å². The van der Waals surface area contributed by atoms with Crippen molar-refractivity contribution in [2.75, 3.05) is 0 Å². The van der Waals surface area contributed by atoms with Gasteiger partial charge in [-0.25, -0.2) is 0 Å². The van der Waals surface area contributed by atoms with Crippen LogP contribution in [0.3, 0.4) is 0 Å². The Kier molecular flexibility index (Phi) is 1.92. The molecule has 1 aliphatic rings. The van der Waals surface area contributed by atoms with E-state index in [1.54, 1.807) is 12.2 Å². The van der Waals surface area contributed by atoms with Gasteiger partial charge in [0.1, 0.15) is 5.25 Å². The Labute approximate surface area is 59.8 Å². The van der Waals surface area contributed by atoms with Gasteiger partial charge in [-0.1, -0.05) is 18.2 Å². The lowest BCUT2D eigenvalue weighted by Gasteiger charge is -2.04. The van der Waals surface area contributed by atoms with Crippen LogP contribution in [0, 0.1) is 6.08 Å². The first-order valence-electron chi connectivity index (χ1n) is 2.81. The lowest BCUT2D eigenvalue weighted by Crippen LogP contribution is -2.16. The van der Waals surface area contributed by atoms with Crippen molar-refractivity contribution in [3.8, 4) is 0 Å². The van der Waals surface area contributed by atoms with Crippen LogP contribution in [0.2, 0.25) is 0 Å². The summed E-state index contributed by atoms with van der Waals surface area (Å²) >= 11 is 0. The molecule has 0 amide bonds. The third kappa shape index (κ3) is 1.68. The predicted molar refractivity (Wildman–Crippen MR) is 36.9 cm³/mol. The molecule has 0 heterocycles. The van der Waals surface area contributed by atoms with Crippen molar-refractivity contribution in [3.63, 3.8) is 0 Å². The topological polar surface area (TPSA) is 54.4 Å². The fourth-order valence-corrected chi connectivity index (χ4v) is 1.27. The van der Waals surface area contributed by atoms with Gasteiger partial charge >= 0.3 is 0 Å². The largest absolute Gasteiger partial charge is 0.285 e. The van der Waals surface area contributed by atoms with Gasteiger partial charge in [0.2, 0.25) is 0 Å². The second-order valence-corrected chi connectivity index (χ2v) is 3.51. The highest BCUT2D eigenvalue weighted by Crippen LogP contribution is 2.07. The minimum absolute atomic E-state index is 0.687. The van der Waals surface area contributed by atoms with Crippen LogP contribution in [0.5, 0.6) is 0 Å². The van der Waals surface area contributed by atoms with Gasteiger partial charge in [0, 0.05) is 0 Å². The van der Waals surface area contributed by atoms with Crippen molar-refractivity contribution in [2.24, 2.45) is 0 Å².